The second kappa shape index (κ2) is 2.62. The molecule has 0 N–H and O–H groups in total. The minimum Gasteiger partial charge on any atom is -0.280 e. The molecular weight excluding hydrogens is 160 g/mol. The van der Waals surface area contributed by atoms with Gasteiger partial charge in [-0.25, -0.2) is 0 Å². The Balaban J connectivity index is 2.29. The summed E-state index contributed by atoms with van der Waals surface area (Å²) in [4.78, 5) is 8.41. The van der Waals surface area contributed by atoms with E-state index in [9.17, 15) is 0 Å². The van der Waals surface area contributed by atoms with E-state index in [1.54, 1.807) is 6.21 Å². The summed E-state index contributed by atoms with van der Waals surface area (Å²) >= 11 is 5.68. The summed E-state index contributed by atoms with van der Waals surface area (Å²) in [6.07, 6.45) is 9.58. The lowest BCUT2D eigenvalue weighted by atomic mass is 10.0. The molecule has 0 spiro atoms. The Hall–Kier alpha value is -0.890. The van der Waals surface area contributed by atoms with Crippen molar-refractivity contribution in [1.82, 2.24) is 0 Å². The summed E-state index contributed by atoms with van der Waals surface area (Å²) < 4.78 is 0. The fourth-order valence-corrected chi connectivity index (χ4v) is 1.33. The number of halogens is 1. The number of allylic oxidation sites excluding steroid dienone is 2. The van der Waals surface area contributed by atoms with E-state index in [1.165, 1.54) is 0 Å². The van der Waals surface area contributed by atoms with Gasteiger partial charge in [-0.2, -0.15) is 0 Å². The van der Waals surface area contributed by atoms with Gasteiger partial charge in [0.25, 0.3) is 0 Å². The molecule has 0 amide bonds. The molecule has 2 rings (SSSR count). The van der Waals surface area contributed by atoms with Gasteiger partial charge in [0.2, 0.25) is 0 Å². The maximum Gasteiger partial charge on any atom is 0.142 e. The highest BCUT2D eigenvalue weighted by atomic mass is 35.5. The zero-order chi connectivity index (χ0) is 7.68. The van der Waals surface area contributed by atoms with Crippen molar-refractivity contribution in [3.05, 3.63) is 24.3 Å². The Labute approximate surface area is 70.0 Å². The molecule has 1 aliphatic carbocycles. The molecule has 0 aromatic carbocycles. The first kappa shape index (κ1) is 6.80. The van der Waals surface area contributed by atoms with Crippen LogP contribution in [0.4, 0.5) is 0 Å². The fraction of sp³-hybridized carbons (Fsp3) is 0.250. The summed E-state index contributed by atoms with van der Waals surface area (Å²) in [5, 5.41) is 0.492. The third-order valence-electron chi connectivity index (χ3n) is 1.70. The normalized spacial score (nSPS) is 33.4. The van der Waals surface area contributed by atoms with Crippen molar-refractivity contribution in [2.24, 2.45) is 9.98 Å². The second-order valence-electron chi connectivity index (χ2n) is 2.48. The van der Waals surface area contributed by atoms with Gasteiger partial charge in [0.15, 0.2) is 0 Å². The minimum atomic E-state index is 0.123. The standard InChI is InChI=1S/C8H7ClN2/c9-8-5-10-6-3-1-2-4-7(6)11-8/h1-7H. The van der Waals surface area contributed by atoms with Crippen LogP contribution in [0.1, 0.15) is 0 Å². The molecule has 2 atom stereocenters. The van der Waals surface area contributed by atoms with E-state index < -0.39 is 0 Å². The number of rotatable bonds is 0. The van der Waals surface area contributed by atoms with Crippen LogP contribution < -0.4 is 0 Å². The zero-order valence-corrected chi connectivity index (χ0v) is 6.57. The number of aliphatic imine (C=N–C) groups is 2. The Morgan fingerprint density at radius 1 is 1.18 bits per heavy atom. The second-order valence-corrected chi connectivity index (χ2v) is 2.87. The van der Waals surface area contributed by atoms with Gasteiger partial charge in [0.05, 0.1) is 18.3 Å². The Morgan fingerprint density at radius 2 is 1.91 bits per heavy atom. The molecule has 1 heterocycles. The molecule has 0 radical (unpaired) electrons. The lowest BCUT2D eigenvalue weighted by Crippen LogP contribution is -2.25. The van der Waals surface area contributed by atoms with E-state index in [4.69, 9.17) is 11.6 Å². The topological polar surface area (TPSA) is 24.7 Å². The van der Waals surface area contributed by atoms with E-state index in [2.05, 4.69) is 9.98 Å². The number of hydrogen-bond acceptors (Lipinski definition) is 2. The average molecular weight is 167 g/mol. The smallest absolute Gasteiger partial charge is 0.142 e. The lowest BCUT2D eigenvalue weighted by Gasteiger charge is -2.19. The van der Waals surface area contributed by atoms with E-state index in [0.717, 1.165) is 0 Å². The van der Waals surface area contributed by atoms with Crippen molar-refractivity contribution in [2.75, 3.05) is 0 Å². The first-order valence-corrected chi connectivity index (χ1v) is 3.85. The van der Waals surface area contributed by atoms with E-state index >= 15 is 0 Å². The summed E-state index contributed by atoms with van der Waals surface area (Å²) in [6.45, 7) is 0. The summed E-state index contributed by atoms with van der Waals surface area (Å²) in [6, 6.07) is 0.292. The van der Waals surface area contributed by atoms with Crippen molar-refractivity contribution >= 4 is 23.0 Å². The van der Waals surface area contributed by atoms with Crippen LogP contribution >= 0.6 is 11.6 Å². The third kappa shape index (κ3) is 1.26. The third-order valence-corrected chi connectivity index (χ3v) is 1.90. The highest BCUT2D eigenvalue weighted by Gasteiger charge is 2.19. The predicted octanol–water partition coefficient (Wildman–Crippen LogP) is 1.57. The van der Waals surface area contributed by atoms with E-state index in [-0.39, 0.29) is 12.1 Å². The first-order valence-electron chi connectivity index (χ1n) is 3.48. The molecule has 0 fully saturated rings. The maximum atomic E-state index is 5.68. The highest BCUT2D eigenvalue weighted by Crippen LogP contribution is 2.15. The first-order chi connectivity index (χ1) is 5.36. The zero-order valence-electron chi connectivity index (χ0n) is 5.81. The Morgan fingerprint density at radius 3 is 2.73 bits per heavy atom. The molecule has 0 bridgehead atoms. The molecule has 0 saturated carbocycles. The highest BCUT2D eigenvalue weighted by molar-refractivity contribution is 6.80. The van der Waals surface area contributed by atoms with Crippen LogP contribution in [0.2, 0.25) is 0 Å². The van der Waals surface area contributed by atoms with Gasteiger partial charge in [0, 0.05) is 0 Å². The molecule has 56 valence electrons. The van der Waals surface area contributed by atoms with Gasteiger partial charge in [-0.1, -0.05) is 35.9 Å². The van der Waals surface area contributed by atoms with Crippen molar-refractivity contribution in [1.29, 1.82) is 0 Å². The summed E-state index contributed by atoms with van der Waals surface area (Å²) in [5.41, 5.74) is 0. The Kier molecular flexibility index (Phi) is 1.62. The number of fused-ring (bicyclic) bond motifs is 1. The van der Waals surface area contributed by atoms with E-state index in [1.807, 2.05) is 24.3 Å². The molecule has 0 saturated heterocycles. The van der Waals surface area contributed by atoms with E-state index in [0.29, 0.717) is 5.17 Å². The SMILES string of the molecule is ClC1=NC2C=CC=CC2N=C1. The quantitative estimate of drug-likeness (QED) is 0.522. The van der Waals surface area contributed by atoms with Crippen molar-refractivity contribution in [2.45, 2.75) is 12.1 Å². The monoisotopic (exact) mass is 166 g/mol. The van der Waals surface area contributed by atoms with Crippen LogP contribution in [0.3, 0.4) is 0 Å². The van der Waals surface area contributed by atoms with Crippen molar-refractivity contribution < 1.29 is 0 Å². The van der Waals surface area contributed by atoms with Gasteiger partial charge >= 0.3 is 0 Å². The molecule has 11 heavy (non-hydrogen) atoms. The van der Waals surface area contributed by atoms with Gasteiger partial charge < -0.3 is 0 Å². The van der Waals surface area contributed by atoms with Crippen LogP contribution in [-0.4, -0.2) is 23.5 Å². The van der Waals surface area contributed by atoms with Crippen molar-refractivity contribution in [3.8, 4) is 0 Å². The molecule has 2 unspecified atom stereocenters. The fourth-order valence-electron chi connectivity index (χ4n) is 1.16. The van der Waals surface area contributed by atoms with Crippen LogP contribution in [0.5, 0.6) is 0 Å². The number of nitrogens with zero attached hydrogens (tertiary/aromatic N) is 2. The average Bonchev–Trinajstić information content (AvgIpc) is 2.04. The molecule has 1 aliphatic heterocycles. The van der Waals surface area contributed by atoms with Crippen molar-refractivity contribution in [3.63, 3.8) is 0 Å². The molecule has 2 aliphatic rings. The van der Waals surface area contributed by atoms with Crippen LogP contribution in [-0.2, 0) is 0 Å². The molecular formula is C8H7ClN2. The summed E-state index contributed by atoms with van der Waals surface area (Å²) in [5.74, 6) is 0. The van der Waals surface area contributed by atoms with Gasteiger partial charge in [-0.15, -0.1) is 0 Å². The van der Waals surface area contributed by atoms with Gasteiger partial charge in [-0.3, -0.25) is 9.98 Å². The molecule has 3 heteroatoms. The van der Waals surface area contributed by atoms with Crippen LogP contribution in [0.25, 0.3) is 0 Å². The lowest BCUT2D eigenvalue weighted by molar-refractivity contribution is 0.702. The predicted molar refractivity (Wildman–Crippen MR) is 47.6 cm³/mol. The maximum absolute atomic E-state index is 5.68. The Bertz CT molecular complexity index is 276. The van der Waals surface area contributed by atoms with Crippen LogP contribution in [0, 0.1) is 0 Å². The molecule has 0 aromatic heterocycles. The van der Waals surface area contributed by atoms with Crippen LogP contribution in [0.15, 0.2) is 34.3 Å². The molecule has 2 nitrogen and oxygen atoms in total. The molecule has 0 aromatic rings. The summed E-state index contributed by atoms with van der Waals surface area (Å²) in [7, 11) is 0. The van der Waals surface area contributed by atoms with Gasteiger partial charge in [-0.05, 0) is 0 Å². The number of hydrogen-bond donors (Lipinski definition) is 0. The largest absolute Gasteiger partial charge is 0.280 e. The van der Waals surface area contributed by atoms with Gasteiger partial charge in [0.1, 0.15) is 5.17 Å². The minimum absolute atomic E-state index is 0.123.